The predicted molar refractivity (Wildman–Crippen MR) is 116 cm³/mol. The monoisotopic (exact) mass is 425 g/mol. The average Bonchev–Trinajstić information content (AvgIpc) is 2.69. The van der Waals surface area contributed by atoms with Crippen LogP contribution in [0.2, 0.25) is 0 Å². The lowest BCUT2D eigenvalue weighted by molar-refractivity contribution is -0.136. The number of unbranched alkanes of at least 4 members (excludes halogenated alkanes) is 2. The van der Waals surface area contributed by atoms with Crippen LogP contribution in [0.4, 0.5) is 4.79 Å². The molecule has 0 radical (unpaired) electrons. The summed E-state index contributed by atoms with van der Waals surface area (Å²) in [5, 5.41) is 18.2. The SMILES string of the molecule is O=C(O)SCCCCCN1C(=O)CCC[C@@H]1CCC(O)CSc1ccccc1. The van der Waals surface area contributed by atoms with E-state index < -0.39 is 5.30 Å². The minimum atomic E-state index is -0.824. The number of carboxylic acid groups (broad SMARTS) is 1. The second-order valence-corrected chi connectivity index (χ2v) is 9.30. The van der Waals surface area contributed by atoms with E-state index in [1.54, 1.807) is 11.8 Å². The van der Waals surface area contributed by atoms with Gasteiger partial charge in [-0.3, -0.25) is 4.79 Å². The van der Waals surface area contributed by atoms with Gasteiger partial charge in [0.25, 0.3) is 0 Å². The molecule has 1 aliphatic rings. The second-order valence-electron chi connectivity index (χ2n) is 7.16. The number of nitrogens with zero attached hydrogens (tertiary/aromatic N) is 1. The Balaban J connectivity index is 1.68. The fraction of sp³-hybridized carbons (Fsp3) is 0.619. The van der Waals surface area contributed by atoms with Gasteiger partial charge in [-0.2, -0.15) is 0 Å². The first-order valence-corrected chi connectivity index (χ1v) is 12.0. The van der Waals surface area contributed by atoms with Gasteiger partial charge in [0.2, 0.25) is 5.91 Å². The maximum absolute atomic E-state index is 12.3. The van der Waals surface area contributed by atoms with Crippen molar-refractivity contribution < 1.29 is 19.8 Å². The number of amides is 1. The Hall–Kier alpha value is -1.18. The highest BCUT2D eigenvalue weighted by Crippen LogP contribution is 2.25. The smallest absolute Gasteiger partial charge is 0.364 e. The molecule has 1 aliphatic heterocycles. The van der Waals surface area contributed by atoms with E-state index in [0.717, 1.165) is 61.7 Å². The van der Waals surface area contributed by atoms with Crippen LogP contribution < -0.4 is 0 Å². The Morgan fingerprint density at radius 1 is 1.21 bits per heavy atom. The molecule has 1 amide bonds. The number of benzene rings is 1. The molecule has 2 N–H and O–H groups in total. The van der Waals surface area contributed by atoms with Crippen molar-refractivity contribution in [2.75, 3.05) is 18.1 Å². The number of carbonyl (C=O) groups excluding carboxylic acids is 1. The van der Waals surface area contributed by atoms with Gasteiger partial charge in [0.05, 0.1) is 6.10 Å². The van der Waals surface area contributed by atoms with Crippen molar-refractivity contribution in [1.82, 2.24) is 4.90 Å². The highest BCUT2D eigenvalue weighted by Gasteiger charge is 2.27. The summed E-state index contributed by atoms with van der Waals surface area (Å²) < 4.78 is 0. The maximum atomic E-state index is 12.3. The number of rotatable bonds is 12. The molecule has 28 heavy (non-hydrogen) atoms. The van der Waals surface area contributed by atoms with Gasteiger partial charge in [0.1, 0.15) is 0 Å². The van der Waals surface area contributed by atoms with Crippen LogP contribution in [0.1, 0.15) is 51.4 Å². The molecule has 156 valence electrons. The summed E-state index contributed by atoms with van der Waals surface area (Å²) in [5.74, 6) is 1.52. The van der Waals surface area contributed by atoms with E-state index in [1.807, 2.05) is 35.2 Å². The van der Waals surface area contributed by atoms with Gasteiger partial charge in [-0.15, -0.1) is 11.8 Å². The van der Waals surface area contributed by atoms with E-state index in [2.05, 4.69) is 0 Å². The van der Waals surface area contributed by atoms with Crippen LogP contribution in [0, 0.1) is 0 Å². The highest BCUT2D eigenvalue weighted by atomic mass is 32.2. The van der Waals surface area contributed by atoms with E-state index in [0.29, 0.717) is 24.3 Å². The molecular formula is C21H31NO4S2. The summed E-state index contributed by atoms with van der Waals surface area (Å²) in [6.45, 7) is 0.746. The fourth-order valence-corrected chi connectivity index (χ4v) is 4.92. The van der Waals surface area contributed by atoms with Crippen molar-refractivity contribution in [2.24, 2.45) is 0 Å². The molecule has 0 aliphatic carbocycles. The Kier molecular flexibility index (Phi) is 10.8. The van der Waals surface area contributed by atoms with Gasteiger partial charge >= 0.3 is 5.30 Å². The molecule has 0 saturated carbocycles. The normalized spacial score (nSPS) is 18.2. The van der Waals surface area contributed by atoms with Gasteiger partial charge < -0.3 is 15.1 Å². The Morgan fingerprint density at radius 2 is 2.00 bits per heavy atom. The molecule has 1 saturated heterocycles. The summed E-state index contributed by atoms with van der Waals surface area (Å²) >= 11 is 2.60. The van der Waals surface area contributed by atoms with Crippen molar-refractivity contribution in [3.8, 4) is 0 Å². The van der Waals surface area contributed by atoms with Crippen LogP contribution in [-0.2, 0) is 4.79 Å². The topological polar surface area (TPSA) is 77.8 Å². The number of aliphatic hydroxyl groups excluding tert-OH is 1. The third kappa shape index (κ3) is 8.88. The van der Waals surface area contributed by atoms with E-state index >= 15 is 0 Å². The molecular weight excluding hydrogens is 394 g/mol. The van der Waals surface area contributed by atoms with Crippen LogP contribution in [0.15, 0.2) is 35.2 Å². The van der Waals surface area contributed by atoms with Crippen LogP contribution in [0.5, 0.6) is 0 Å². The third-order valence-electron chi connectivity index (χ3n) is 4.98. The summed E-state index contributed by atoms with van der Waals surface area (Å²) in [5.41, 5.74) is 0. The van der Waals surface area contributed by atoms with Gasteiger partial charge in [-0.05, 0) is 62.4 Å². The quantitative estimate of drug-likeness (QED) is 0.367. The van der Waals surface area contributed by atoms with Gasteiger partial charge in [0, 0.05) is 35.4 Å². The predicted octanol–water partition coefficient (Wildman–Crippen LogP) is 4.88. The molecule has 1 aromatic rings. The Morgan fingerprint density at radius 3 is 2.75 bits per heavy atom. The van der Waals surface area contributed by atoms with E-state index in [1.165, 1.54) is 0 Å². The number of aliphatic hydroxyl groups is 1. The van der Waals surface area contributed by atoms with Gasteiger partial charge in [0.15, 0.2) is 0 Å². The molecule has 2 rings (SSSR count). The number of hydrogen-bond donors (Lipinski definition) is 2. The van der Waals surface area contributed by atoms with E-state index in [-0.39, 0.29) is 18.1 Å². The summed E-state index contributed by atoms with van der Waals surface area (Å²) in [4.78, 5) is 26.0. The summed E-state index contributed by atoms with van der Waals surface area (Å²) in [7, 11) is 0. The van der Waals surface area contributed by atoms with Crippen LogP contribution in [-0.4, -0.2) is 56.5 Å². The van der Waals surface area contributed by atoms with Crippen LogP contribution >= 0.6 is 23.5 Å². The number of thioether (sulfide) groups is 2. The number of likely N-dealkylation sites (tertiary alicyclic amines) is 1. The lowest BCUT2D eigenvalue weighted by Crippen LogP contribution is -2.44. The number of carbonyl (C=O) groups is 2. The zero-order chi connectivity index (χ0) is 20.2. The lowest BCUT2D eigenvalue weighted by atomic mass is 9.96. The molecule has 1 aromatic carbocycles. The first-order valence-electron chi connectivity index (χ1n) is 10.1. The molecule has 1 unspecified atom stereocenters. The minimum absolute atomic E-state index is 0.226. The molecule has 7 heteroatoms. The molecule has 0 spiro atoms. The first kappa shape index (κ1) is 23.1. The molecule has 1 heterocycles. The lowest BCUT2D eigenvalue weighted by Gasteiger charge is -2.36. The van der Waals surface area contributed by atoms with Crippen molar-refractivity contribution >= 4 is 34.7 Å². The minimum Gasteiger partial charge on any atom is -0.473 e. The molecule has 0 bridgehead atoms. The number of hydrogen-bond acceptors (Lipinski definition) is 5. The zero-order valence-corrected chi connectivity index (χ0v) is 17.9. The molecule has 0 aromatic heterocycles. The van der Waals surface area contributed by atoms with Crippen molar-refractivity contribution in [1.29, 1.82) is 0 Å². The Bertz CT molecular complexity index is 599. The largest absolute Gasteiger partial charge is 0.473 e. The van der Waals surface area contributed by atoms with E-state index in [4.69, 9.17) is 5.11 Å². The summed E-state index contributed by atoms with van der Waals surface area (Å²) in [6.07, 6.45) is 6.47. The standard InChI is InChI=1S/C21H31NO4S2/c23-18(16-28-19-9-3-1-4-10-19)13-12-17-8-7-11-20(24)22(17)14-5-2-6-15-27-21(25)26/h1,3-4,9-10,17-18,23H,2,5-8,11-16H2,(H,25,26)/t17-,18?/m1/s1. The van der Waals surface area contributed by atoms with Crippen molar-refractivity contribution in [3.05, 3.63) is 30.3 Å². The number of piperidine rings is 1. The van der Waals surface area contributed by atoms with Crippen LogP contribution in [0.3, 0.4) is 0 Å². The fourth-order valence-electron chi connectivity index (χ4n) is 3.50. The Labute approximate surface area is 176 Å². The zero-order valence-electron chi connectivity index (χ0n) is 16.3. The first-order chi connectivity index (χ1) is 13.6. The molecule has 1 fully saturated rings. The second kappa shape index (κ2) is 13.1. The van der Waals surface area contributed by atoms with Crippen molar-refractivity contribution in [3.63, 3.8) is 0 Å². The average molecular weight is 426 g/mol. The van der Waals surface area contributed by atoms with Crippen molar-refractivity contribution in [2.45, 2.75) is 68.4 Å². The van der Waals surface area contributed by atoms with E-state index in [9.17, 15) is 14.7 Å². The summed E-state index contributed by atoms with van der Waals surface area (Å²) in [6, 6.07) is 10.3. The molecule has 2 atom stereocenters. The third-order valence-corrected chi connectivity index (χ3v) is 6.87. The van der Waals surface area contributed by atoms with Crippen LogP contribution in [0.25, 0.3) is 0 Å². The van der Waals surface area contributed by atoms with Gasteiger partial charge in [-0.1, -0.05) is 24.6 Å². The van der Waals surface area contributed by atoms with Gasteiger partial charge in [-0.25, -0.2) is 4.79 Å². The molecule has 5 nitrogen and oxygen atoms in total. The highest BCUT2D eigenvalue weighted by molar-refractivity contribution is 8.13. The maximum Gasteiger partial charge on any atom is 0.364 e.